The minimum absolute atomic E-state index is 0.0120. The molecule has 0 saturated heterocycles. The Morgan fingerprint density at radius 3 is 2.29 bits per heavy atom. The van der Waals surface area contributed by atoms with Crippen LogP contribution >= 0.6 is 11.6 Å². The van der Waals surface area contributed by atoms with Crippen molar-refractivity contribution in [2.75, 3.05) is 26.1 Å². The molecule has 0 fully saturated rings. The van der Waals surface area contributed by atoms with Crippen LogP contribution in [0.5, 0.6) is 23.0 Å². The molecule has 11 nitrogen and oxygen atoms in total. The van der Waals surface area contributed by atoms with E-state index in [1.807, 2.05) is 24.3 Å². The van der Waals surface area contributed by atoms with Crippen molar-refractivity contribution >= 4 is 29.0 Å². The topological polar surface area (TPSA) is 127 Å². The summed E-state index contributed by atoms with van der Waals surface area (Å²) in [5.74, 6) is -1.39. The lowest BCUT2D eigenvalue weighted by Gasteiger charge is -2.42. The summed E-state index contributed by atoms with van der Waals surface area (Å²) < 4.78 is 25.7. The molecule has 3 aromatic rings. The predicted molar refractivity (Wildman–Crippen MR) is 186 cm³/mol. The first-order valence-electron chi connectivity index (χ1n) is 16.8. The minimum atomic E-state index is -1.98. The van der Waals surface area contributed by atoms with E-state index in [2.05, 4.69) is 12.2 Å². The average Bonchev–Trinajstić information content (AvgIpc) is 3.42. The van der Waals surface area contributed by atoms with Gasteiger partial charge in [0, 0.05) is 43.3 Å². The lowest BCUT2D eigenvalue weighted by molar-refractivity contribution is -0.130. The van der Waals surface area contributed by atoms with Crippen molar-refractivity contribution in [3.8, 4) is 23.0 Å². The highest BCUT2D eigenvalue weighted by atomic mass is 35.5. The summed E-state index contributed by atoms with van der Waals surface area (Å²) in [5, 5.41) is 3.29. The summed E-state index contributed by atoms with van der Waals surface area (Å²) in [7, 11) is 5.82. The molecule has 12 heteroatoms. The maximum absolute atomic E-state index is 15.1. The van der Waals surface area contributed by atoms with E-state index in [4.69, 9.17) is 30.5 Å². The predicted octanol–water partition coefficient (Wildman–Crippen LogP) is 5.93. The molecule has 2 aromatic carbocycles. The van der Waals surface area contributed by atoms with Crippen LogP contribution in [-0.4, -0.2) is 47.1 Å². The quantitative estimate of drug-likeness (QED) is 0.192. The highest BCUT2D eigenvalue weighted by molar-refractivity contribution is 6.36. The maximum atomic E-state index is 15.1. The Kier molecular flexibility index (Phi) is 9.41. The number of benzene rings is 2. The van der Waals surface area contributed by atoms with E-state index in [1.54, 1.807) is 14.0 Å². The number of allylic oxidation sites excluding steroid dienone is 1. The van der Waals surface area contributed by atoms with Gasteiger partial charge in [0.2, 0.25) is 17.2 Å². The molecule has 0 bridgehead atoms. The van der Waals surface area contributed by atoms with E-state index in [0.29, 0.717) is 29.4 Å². The standard InChI is InChI=1S/C37H42ClN3O8/c1-7-8-9-10-11-12-17-48-22-15-13-21(14-16-22)26-27-23(39-34-29(26)35(44)41(4)36(45)40(34)3)18-20(2)37(32(27)42)33(43)28-24(46-5)19-25(47-6)30(38)31(28)49-37/h13-16,19-20,26,39H,7-12,17-18H2,1-6H3/t20-,26+,37+/m1/s1. The van der Waals surface area contributed by atoms with Crippen LogP contribution in [0.2, 0.25) is 5.02 Å². The second-order valence-corrected chi connectivity index (χ2v) is 13.4. The third-order valence-corrected chi connectivity index (χ3v) is 10.4. The van der Waals surface area contributed by atoms with Crippen LogP contribution in [-0.2, 0) is 18.9 Å². The number of hydrogen-bond donors (Lipinski definition) is 1. The molecule has 0 radical (unpaired) electrons. The molecule has 0 saturated carbocycles. The van der Waals surface area contributed by atoms with Gasteiger partial charge in [-0.25, -0.2) is 4.79 Å². The van der Waals surface area contributed by atoms with Gasteiger partial charge in [-0.05, 0) is 30.5 Å². The number of ketones is 2. The number of ether oxygens (including phenoxy) is 4. The zero-order valence-electron chi connectivity index (χ0n) is 28.7. The van der Waals surface area contributed by atoms with Crippen LogP contribution in [0, 0.1) is 5.92 Å². The summed E-state index contributed by atoms with van der Waals surface area (Å²) in [6.45, 7) is 4.53. The Hall–Kier alpha value is -4.51. The van der Waals surface area contributed by atoms with E-state index < -0.39 is 40.3 Å². The molecule has 3 atom stereocenters. The van der Waals surface area contributed by atoms with E-state index in [-0.39, 0.29) is 45.4 Å². The van der Waals surface area contributed by atoms with Gasteiger partial charge < -0.3 is 24.3 Å². The Morgan fingerprint density at radius 1 is 0.939 bits per heavy atom. The van der Waals surface area contributed by atoms with Crippen LogP contribution in [0.25, 0.3) is 0 Å². The molecular weight excluding hydrogens is 650 g/mol. The zero-order chi connectivity index (χ0) is 35.2. The Bertz CT molecular complexity index is 1980. The van der Waals surface area contributed by atoms with Crippen molar-refractivity contribution in [1.29, 1.82) is 0 Å². The highest BCUT2D eigenvalue weighted by Gasteiger charge is 2.63. The van der Waals surface area contributed by atoms with E-state index in [1.165, 1.54) is 57.6 Å². The van der Waals surface area contributed by atoms with Crippen LogP contribution in [0.4, 0.5) is 5.82 Å². The number of aromatic nitrogens is 2. The lowest BCUT2D eigenvalue weighted by atomic mass is 9.66. The molecule has 1 aromatic heterocycles. The smallest absolute Gasteiger partial charge is 0.332 e. The Balaban J connectivity index is 1.43. The monoisotopic (exact) mass is 691 g/mol. The van der Waals surface area contributed by atoms with E-state index in [0.717, 1.165) is 17.4 Å². The third kappa shape index (κ3) is 5.42. The van der Waals surface area contributed by atoms with Gasteiger partial charge >= 0.3 is 5.69 Å². The van der Waals surface area contributed by atoms with Gasteiger partial charge in [-0.3, -0.25) is 23.5 Å². The number of nitrogens with zero attached hydrogens (tertiary/aromatic N) is 2. The summed E-state index contributed by atoms with van der Waals surface area (Å²) >= 11 is 6.65. The molecule has 6 rings (SSSR count). The number of unbranched alkanes of at least 4 members (excludes halogenated alkanes) is 5. The van der Waals surface area contributed by atoms with Crippen LogP contribution in [0.1, 0.15) is 86.2 Å². The minimum Gasteiger partial charge on any atom is -0.496 e. The maximum Gasteiger partial charge on any atom is 0.332 e. The van der Waals surface area contributed by atoms with Crippen molar-refractivity contribution in [3.05, 3.63) is 84.2 Å². The number of carbonyl (C=O) groups excluding carboxylic acids is 2. The first-order valence-corrected chi connectivity index (χ1v) is 17.1. The van der Waals surface area contributed by atoms with Crippen molar-refractivity contribution in [2.45, 2.75) is 70.3 Å². The number of carbonyl (C=O) groups is 2. The van der Waals surface area contributed by atoms with Gasteiger partial charge in [0.1, 0.15) is 33.7 Å². The summed E-state index contributed by atoms with van der Waals surface area (Å²) in [6, 6.07) is 8.76. The van der Waals surface area contributed by atoms with Gasteiger partial charge in [-0.2, -0.15) is 0 Å². The summed E-state index contributed by atoms with van der Waals surface area (Å²) in [6.07, 6.45) is 7.09. The summed E-state index contributed by atoms with van der Waals surface area (Å²) in [5.41, 5.74) is -1.43. The van der Waals surface area contributed by atoms with Gasteiger partial charge in [-0.1, -0.05) is 69.7 Å². The number of anilines is 1. The number of rotatable bonds is 11. The van der Waals surface area contributed by atoms with Gasteiger partial charge in [0.15, 0.2) is 5.75 Å². The first kappa shape index (κ1) is 34.4. The molecule has 1 spiro atoms. The molecule has 260 valence electrons. The fourth-order valence-corrected chi connectivity index (χ4v) is 7.62. The van der Waals surface area contributed by atoms with Crippen molar-refractivity contribution in [2.24, 2.45) is 20.0 Å². The van der Waals surface area contributed by atoms with Gasteiger partial charge in [-0.15, -0.1) is 0 Å². The number of halogens is 1. The Labute approximate surface area is 289 Å². The lowest BCUT2D eigenvalue weighted by Crippen LogP contribution is -2.58. The van der Waals surface area contributed by atoms with Gasteiger partial charge in [0.05, 0.1) is 26.4 Å². The number of fused-ring (bicyclic) bond motifs is 2. The SMILES string of the molecule is CCCCCCCCOc1ccc([C@H]2C3=C(C[C@@H](C)[C@]4(Oc5c(Cl)c(OC)cc(OC)c5C4=O)C3=O)Nc3c2c(=O)n(C)c(=O)n3C)cc1. The molecule has 1 aliphatic carbocycles. The second-order valence-electron chi connectivity index (χ2n) is 13.0. The number of nitrogens with one attached hydrogen (secondary N) is 1. The normalized spacial score (nSPS) is 20.8. The number of methoxy groups -OCH3 is 2. The van der Waals surface area contributed by atoms with Crippen molar-refractivity contribution in [1.82, 2.24) is 9.13 Å². The first-order chi connectivity index (χ1) is 23.5. The van der Waals surface area contributed by atoms with Crippen LogP contribution in [0.15, 0.2) is 51.2 Å². The molecular formula is C37H42ClN3O8. The molecule has 0 amide bonds. The molecule has 49 heavy (non-hydrogen) atoms. The van der Waals surface area contributed by atoms with Crippen LogP contribution < -0.4 is 35.5 Å². The largest absolute Gasteiger partial charge is 0.496 e. The average molecular weight is 692 g/mol. The Morgan fingerprint density at radius 2 is 1.61 bits per heavy atom. The molecule has 1 N–H and O–H groups in total. The second kappa shape index (κ2) is 13.4. The molecule has 3 heterocycles. The number of Topliss-reactive ketones (excluding diaryl/α,β-unsaturated/α-hetero) is 2. The van der Waals surface area contributed by atoms with Gasteiger partial charge in [0.25, 0.3) is 5.56 Å². The number of hydrogen-bond acceptors (Lipinski definition) is 9. The van der Waals surface area contributed by atoms with Crippen LogP contribution in [0.3, 0.4) is 0 Å². The third-order valence-electron chi connectivity index (χ3n) is 10.1. The van der Waals surface area contributed by atoms with Crippen molar-refractivity contribution < 1.29 is 28.5 Å². The van der Waals surface area contributed by atoms with E-state index in [9.17, 15) is 14.4 Å². The summed E-state index contributed by atoms with van der Waals surface area (Å²) in [4.78, 5) is 56.5. The van der Waals surface area contributed by atoms with Crippen molar-refractivity contribution in [3.63, 3.8) is 0 Å². The van der Waals surface area contributed by atoms with E-state index >= 15 is 4.79 Å². The fraction of sp³-hybridized carbons (Fsp3) is 0.459. The highest BCUT2D eigenvalue weighted by Crippen LogP contribution is 2.56. The molecule has 0 unspecified atom stereocenters. The molecule has 2 aliphatic heterocycles. The zero-order valence-corrected chi connectivity index (χ0v) is 29.5. The fourth-order valence-electron chi connectivity index (χ4n) is 7.35. The molecule has 3 aliphatic rings.